The molecule has 4 nitrogen and oxygen atoms in total. The summed E-state index contributed by atoms with van der Waals surface area (Å²) in [7, 11) is 0. The van der Waals surface area contributed by atoms with Crippen molar-refractivity contribution in [1.29, 1.82) is 0 Å². The van der Waals surface area contributed by atoms with Gasteiger partial charge in [0, 0.05) is 11.9 Å². The molecule has 0 aliphatic rings. The molecule has 1 atom stereocenters. The first kappa shape index (κ1) is 25.4. The average molecular weight is 345 g/mol. The van der Waals surface area contributed by atoms with Gasteiger partial charge in [0.05, 0.1) is 0 Å². The molecule has 1 unspecified atom stereocenters. The van der Waals surface area contributed by atoms with E-state index in [9.17, 15) is 19.8 Å². The van der Waals surface area contributed by atoms with Gasteiger partial charge < -0.3 is 19.8 Å². The summed E-state index contributed by atoms with van der Waals surface area (Å²) in [6.45, 7) is 6.08. The first-order chi connectivity index (χ1) is 9.49. The van der Waals surface area contributed by atoms with Crippen molar-refractivity contribution in [1.82, 2.24) is 0 Å². The Morgan fingerprint density at radius 3 is 1.76 bits per heavy atom. The molecule has 0 aromatic rings. The Labute approximate surface area is 139 Å². The fourth-order valence-electron chi connectivity index (χ4n) is 1.81. The van der Waals surface area contributed by atoms with Crippen LogP contribution in [0.2, 0.25) is 0 Å². The van der Waals surface area contributed by atoms with Gasteiger partial charge in [-0.3, -0.25) is 0 Å². The van der Waals surface area contributed by atoms with Gasteiger partial charge in [0.1, 0.15) is 0 Å². The van der Waals surface area contributed by atoms with Crippen LogP contribution in [0.25, 0.3) is 0 Å². The van der Waals surface area contributed by atoms with Crippen LogP contribution >= 0.6 is 0 Å². The maximum absolute atomic E-state index is 10.3. The van der Waals surface area contributed by atoms with Crippen molar-refractivity contribution in [2.45, 2.75) is 85.0 Å². The van der Waals surface area contributed by atoms with Gasteiger partial charge in [0.25, 0.3) is 0 Å². The summed E-state index contributed by atoms with van der Waals surface area (Å²) < 4.78 is 0. The van der Waals surface area contributed by atoms with Crippen LogP contribution in [0, 0.1) is 5.92 Å². The van der Waals surface area contributed by atoms with Gasteiger partial charge in [-0.2, -0.15) is 0 Å². The van der Waals surface area contributed by atoms with E-state index in [1.165, 1.54) is 12.8 Å². The molecule has 0 fully saturated rings. The van der Waals surface area contributed by atoms with E-state index >= 15 is 0 Å². The predicted octanol–water partition coefficient (Wildman–Crippen LogP) is 2.05. The van der Waals surface area contributed by atoms with Crippen molar-refractivity contribution in [3.05, 3.63) is 0 Å². The monoisotopic (exact) mass is 345 g/mol. The molecule has 21 heavy (non-hydrogen) atoms. The summed E-state index contributed by atoms with van der Waals surface area (Å²) in [5, 5.41) is 20.2. The molecule has 5 heteroatoms. The van der Waals surface area contributed by atoms with E-state index in [1.807, 2.05) is 6.92 Å². The Morgan fingerprint density at radius 1 is 0.857 bits per heavy atom. The number of carbonyl (C=O) groups excluding carboxylic acids is 2. The Bertz CT molecular complexity index is 244. The van der Waals surface area contributed by atoms with Crippen LogP contribution < -0.4 is 10.2 Å². The van der Waals surface area contributed by atoms with Crippen molar-refractivity contribution in [2.24, 2.45) is 5.92 Å². The molecule has 0 heterocycles. The van der Waals surface area contributed by atoms with E-state index in [0.717, 1.165) is 38.5 Å². The second-order valence-corrected chi connectivity index (χ2v) is 5.10. The summed E-state index contributed by atoms with van der Waals surface area (Å²) in [5.41, 5.74) is 0. The summed E-state index contributed by atoms with van der Waals surface area (Å²) in [4.78, 5) is 20.2. The van der Waals surface area contributed by atoms with Gasteiger partial charge in [-0.25, -0.2) is 0 Å². The summed E-state index contributed by atoms with van der Waals surface area (Å²) >= 11 is 0. The standard InChI is InChI=1S/2C8H16O2.Co/c1-3-5-6-7(4-2)8(9)10;1-2-3-4-5-6-7-8(9)10;/h7H,3-6H2,1-2H3,(H,9,10);2-7H2,1H3,(H,9,10);/q;;+2/p-2. The largest absolute Gasteiger partial charge is 2.00 e. The smallest absolute Gasteiger partial charge is 0.550 e. The zero-order valence-electron chi connectivity index (χ0n) is 13.6. The Hall–Kier alpha value is -0.554. The normalized spacial score (nSPS) is 10.8. The van der Waals surface area contributed by atoms with Crippen LogP contribution in [0.3, 0.4) is 0 Å². The number of aliphatic carboxylic acids is 2. The quantitative estimate of drug-likeness (QED) is 0.537. The van der Waals surface area contributed by atoms with Crippen molar-refractivity contribution in [2.75, 3.05) is 0 Å². The van der Waals surface area contributed by atoms with Gasteiger partial charge in [-0.15, -0.1) is 0 Å². The molecule has 0 aromatic carbocycles. The minimum Gasteiger partial charge on any atom is -0.550 e. The summed E-state index contributed by atoms with van der Waals surface area (Å²) in [5.74, 6) is -2.03. The molecule has 0 spiro atoms. The fraction of sp³-hybridized carbons (Fsp3) is 0.875. The third kappa shape index (κ3) is 21.9. The van der Waals surface area contributed by atoms with Crippen molar-refractivity contribution in [3.8, 4) is 0 Å². The van der Waals surface area contributed by atoms with E-state index in [-0.39, 0.29) is 29.1 Å². The number of hydrogen-bond donors (Lipinski definition) is 0. The van der Waals surface area contributed by atoms with Crippen LogP contribution in [-0.2, 0) is 26.4 Å². The van der Waals surface area contributed by atoms with Gasteiger partial charge in [-0.05, 0) is 31.6 Å². The molecule has 0 bridgehead atoms. The molecule has 0 aromatic heterocycles. The van der Waals surface area contributed by atoms with Crippen molar-refractivity contribution < 1.29 is 36.6 Å². The number of carbonyl (C=O) groups is 2. The van der Waals surface area contributed by atoms with E-state index < -0.39 is 11.9 Å². The van der Waals surface area contributed by atoms with Gasteiger partial charge in [-0.1, -0.05) is 59.3 Å². The number of unbranched alkanes of at least 4 members (excludes halogenated alkanes) is 5. The van der Waals surface area contributed by atoms with Gasteiger partial charge in [0.2, 0.25) is 0 Å². The van der Waals surface area contributed by atoms with E-state index in [4.69, 9.17) is 0 Å². The van der Waals surface area contributed by atoms with E-state index in [0.29, 0.717) is 6.42 Å². The SMILES string of the molecule is CCCCC(CC)C(=O)[O-].CCCCCCCC(=O)[O-].[Co+2]. The molecule has 0 rings (SSSR count). The first-order valence-corrected chi connectivity index (χ1v) is 7.90. The molecular weight excluding hydrogens is 315 g/mol. The predicted molar refractivity (Wildman–Crippen MR) is 76.7 cm³/mol. The molecule has 0 aliphatic heterocycles. The third-order valence-corrected chi connectivity index (χ3v) is 3.22. The van der Waals surface area contributed by atoms with E-state index in [1.54, 1.807) is 0 Å². The zero-order valence-corrected chi connectivity index (χ0v) is 14.7. The average Bonchev–Trinajstić information content (AvgIpc) is 2.39. The molecule has 0 saturated carbocycles. The molecule has 1 radical (unpaired) electrons. The molecule has 0 saturated heterocycles. The summed E-state index contributed by atoms with van der Waals surface area (Å²) in [6, 6.07) is 0. The van der Waals surface area contributed by atoms with E-state index in [2.05, 4.69) is 13.8 Å². The van der Waals surface area contributed by atoms with Crippen LogP contribution in [0.4, 0.5) is 0 Å². The van der Waals surface area contributed by atoms with Gasteiger partial charge >= 0.3 is 16.8 Å². The van der Waals surface area contributed by atoms with Crippen LogP contribution in [0.15, 0.2) is 0 Å². The molecule has 127 valence electrons. The molecular formula is C16H30CoO4. The minimum atomic E-state index is -0.920. The fourth-order valence-corrected chi connectivity index (χ4v) is 1.81. The Balaban J connectivity index is -0.000000295. The maximum atomic E-state index is 10.3. The van der Waals surface area contributed by atoms with Gasteiger partial charge in [0.15, 0.2) is 0 Å². The minimum absolute atomic E-state index is 0. The number of carboxylic acid groups (broad SMARTS) is 2. The maximum Gasteiger partial charge on any atom is 2.00 e. The Morgan fingerprint density at radius 2 is 1.38 bits per heavy atom. The van der Waals surface area contributed by atoms with Crippen LogP contribution in [0.5, 0.6) is 0 Å². The molecule has 0 amide bonds. The first-order valence-electron chi connectivity index (χ1n) is 7.90. The van der Waals surface area contributed by atoms with Crippen molar-refractivity contribution in [3.63, 3.8) is 0 Å². The number of rotatable bonds is 11. The molecule has 0 aliphatic carbocycles. The second-order valence-electron chi connectivity index (χ2n) is 5.10. The van der Waals surface area contributed by atoms with Crippen molar-refractivity contribution >= 4 is 11.9 Å². The third-order valence-electron chi connectivity index (χ3n) is 3.22. The summed E-state index contributed by atoms with van der Waals surface area (Å²) in [6.07, 6.45) is 9.13. The van der Waals surface area contributed by atoms with Crippen LogP contribution in [-0.4, -0.2) is 11.9 Å². The van der Waals surface area contributed by atoms with Crippen LogP contribution in [0.1, 0.15) is 85.0 Å². The second kappa shape index (κ2) is 19.4. The molecule has 0 N–H and O–H groups in total. The zero-order chi connectivity index (χ0) is 15.8. The number of hydrogen-bond acceptors (Lipinski definition) is 4. The Kier molecular flexibility index (Phi) is 23.5. The number of carboxylic acids is 2. The topological polar surface area (TPSA) is 80.3 Å².